The van der Waals surface area contributed by atoms with Crippen LogP contribution in [0.3, 0.4) is 0 Å². The van der Waals surface area contributed by atoms with Gasteiger partial charge in [-0.15, -0.1) is 0 Å². The van der Waals surface area contributed by atoms with Gasteiger partial charge in [0.1, 0.15) is 11.7 Å². The number of carbonyl (C=O) groups is 2. The van der Waals surface area contributed by atoms with Gasteiger partial charge in [0.25, 0.3) is 0 Å². The van der Waals surface area contributed by atoms with Gasteiger partial charge in [0.05, 0.1) is 6.61 Å². The van der Waals surface area contributed by atoms with Gasteiger partial charge in [-0.25, -0.2) is 0 Å². The quantitative estimate of drug-likeness (QED) is 0.272. The van der Waals surface area contributed by atoms with Crippen molar-refractivity contribution < 1.29 is 43.9 Å². The van der Waals surface area contributed by atoms with Crippen molar-refractivity contribution in [2.45, 2.75) is 20.8 Å². The molecule has 0 rings (SSSR count). The first-order valence-electron chi connectivity index (χ1n) is 3.26. The number of carbonyl (C=O) groups excluding carboxylic acids is 2. The van der Waals surface area contributed by atoms with Gasteiger partial charge in [-0.1, -0.05) is 0 Å². The Kier molecular flexibility index (Phi) is 8.51. The smallest absolute Gasteiger partial charge is 0.465 e. The summed E-state index contributed by atoms with van der Waals surface area (Å²) in [6.45, 7) is 4.96. The van der Waals surface area contributed by atoms with Crippen molar-refractivity contribution in [2.75, 3.05) is 6.61 Å². The van der Waals surface area contributed by atoms with Crippen LogP contribution in [-0.4, -0.2) is 18.4 Å². The van der Waals surface area contributed by atoms with E-state index in [1.54, 1.807) is 13.8 Å². The molecule has 0 saturated heterocycles. The molecule has 0 fully saturated rings. The number of rotatable bonds is 3. The molecule has 3 nitrogen and oxygen atoms in total. The van der Waals surface area contributed by atoms with Gasteiger partial charge in [-0.3, -0.25) is 9.59 Å². The molecule has 0 radical (unpaired) electrons. The largest absolute Gasteiger partial charge is 1.00 e. The number of ketones is 1. The first-order chi connectivity index (χ1) is 4.59. The van der Waals surface area contributed by atoms with E-state index in [2.05, 4.69) is 4.74 Å². The summed E-state index contributed by atoms with van der Waals surface area (Å²) >= 11 is 0. The van der Waals surface area contributed by atoms with Gasteiger partial charge >= 0.3 is 35.5 Å². The molecular formula is C7H12NaO3+. The number of ether oxygens (including phenoxy) is 1. The third kappa shape index (κ3) is 5.41. The summed E-state index contributed by atoms with van der Waals surface area (Å²) in [7, 11) is 0. The maximum atomic E-state index is 10.7. The Morgan fingerprint density at radius 3 is 2.18 bits per heavy atom. The summed E-state index contributed by atoms with van der Waals surface area (Å²) in [5, 5.41) is 0. The molecule has 1 atom stereocenters. The van der Waals surface area contributed by atoms with Gasteiger partial charge < -0.3 is 4.74 Å². The zero-order valence-corrected chi connectivity index (χ0v) is 9.51. The Morgan fingerprint density at radius 2 is 1.91 bits per heavy atom. The van der Waals surface area contributed by atoms with Crippen LogP contribution in [-0.2, 0) is 14.3 Å². The normalized spacial score (nSPS) is 11.2. The van der Waals surface area contributed by atoms with E-state index < -0.39 is 11.9 Å². The summed E-state index contributed by atoms with van der Waals surface area (Å²) < 4.78 is 4.61. The van der Waals surface area contributed by atoms with Crippen molar-refractivity contribution in [1.82, 2.24) is 0 Å². The fourth-order valence-corrected chi connectivity index (χ4v) is 0.433. The Hall–Kier alpha value is 0.140. The van der Waals surface area contributed by atoms with Crippen LogP contribution in [0, 0.1) is 5.92 Å². The molecule has 0 heterocycles. The maximum Gasteiger partial charge on any atom is 1.00 e. The van der Waals surface area contributed by atoms with Gasteiger partial charge in [-0.2, -0.15) is 0 Å². The molecule has 0 aromatic carbocycles. The van der Waals surface area contributed by atoms with Crippen molar-refractivity contribution >= 4 is 11.8 Å². The Balaban J connectivity index is 0. The molecule has 0 aromatic heterocycles. The molecule has 0 aromatic rings. The zero-order valence-electron chi connectivity index (χ0n) is 7.51. The predicted molar refractivity (Wildman–Crippen MR) is 36.5 cm³/mol. The number of hydrogen-bond donors (Lipinski definition) is 0. The van der Waals surface area contributed by atoms with E-state index in [4.69, 9.17) is 0 Å². The Morgan fingerprint density at radius 1 is 1.45 bits per heavy atom. The second-order valence-electron chi connectivity index (χ2n) is 2.08. The monoisotopic (exact) mass is 167 g/mol. The van der Waals surface area contributed by atoms with Crippen LogP contribution < -0.4 is 29.6 Å². The molecule has 0 aliphatic rings. The third-order valence-electron chi connectivity index (χ3n) is 1.25. The number of esters is 1. The van der Waals surface area contributed by atoms with Crippen molar-refractivity contribution in [3.05, 3.63) is 0 Å². The molecule has 11 heavy (non-hydrogen) atoms. The second kappa shape index (κ2) is 6.83. The summed E-state index contributed by atoms with van der Waals surface area (Å²) in [6.07, 6.45) is 0. The minimum absolute atomic E-state index is 0. The molecule has 0 spiro atoms. The van der Waals surface area contributed by atoms with Crippen molar-refractivity contribution in [3.63, 3.8) is 0 Å². The van der Waals surface area contributed by atoms with Crippen LogP contribution >= 0.6 is 0 Å². The number of Topliss-reactive ketones (excluding diaryl/α,β-unsaturated/α-hetero) is 1. The van der Waals surface area contributed by atoms with E-state index >= 15 is 0 Å². The minimum atomic E-state index is -0.611. The SMILES string of the molecule is CCOC(=O)C(C)C(C)=O.[Na+]. The molecule has 0 saturated carbocycles. The second-order valence-corrected chi connectivity index (χ2v) is 2.08. The molecule has 1 unspecified atom stereocenters. The zero-order chi connectivity index (χ0) is 8.15. The topological polar surface area (TPSA) is 43.4 Å². The predicted octanol–water partition coefficient (Wildman–Crippen LogP) is -2.22. The van der Waals surface area contributed by atoms with Gasteiger partial charge in [0.15, 0.2) is 0 Å². The summed E-state index contributed by atoms with van der Waals surface area (Å²) in [6, 6.07) is 0. The van der Waals surface area contributed by atoms with Gasteiger partial charge in [0.2, 0.25) is 0 Å². The average Bonchev–Trinajstić information content (AvgIpc) is 1.87. The molecule has 0 aliphatic carbocycles. The van der Waals surface area contributed by atoms with Crippen molar-refractivity contribution in [1.29, 1.82) is 0 Å². The van der Waals surface area contributed by atoms with E-state index in [1.807, 2.05) is 0 Å². The van der Waals surface area contributed by atoms with Crippen LogP contribution in [0.1, 0.15) is 20.8 Å². The molecule has 4 heteroatoms. The Labute approximate surface area is 88.8 Å². The van der Waals surface area contributed by atoms with Gasteiger partial charge in [-0.05, 0) is 20.8 Å². The van der Waals surface area contributed by atoms with Crippen LogP contribution in [0.5, 0.6) is 0 Å². The van der Waals surface area contributed by atoms with E-state index in [0.717, 1.165) is 0 Å². The van der Waals surface area contributed by atoms with E-state index in [-0.39, 0.29) is 35.3 Å². The van der Waals surface area contributed by atoms with Crippen LogP contribution in [0.25, 0.3) is 0 Å². The molecule has 58 valence electrons. The molecule has 0 aliphatic heterocycles. The van der Waals surface area contributed by atoms with Crippen LogP contribution in [0.4, 0.5) is 0 Å². The summed E-state index contributed by atoms with van der Waals surface area (Å²) in [4.78, 5) is 21.3. The van der Waals surface area contributed by atoms with E-state index in [9.17, 15) is 9.59 Å². The van der Waals surface area contributed by atoms with Crippen molar-refractivity contribution in [3.8, 4) is 0 Å². The standard InChI is InChI=1S/C7H12O3.Na/c1-4-10-7(9)5(2)6(3)8;/h5H,4H2,1-3H3;/q;+1. The average molecular weight is 167 g/mol. The first kappa shape index (κ1) is 13.7. The van der Waals surface area contributed by atoms with Crippen LogP contribution in [0.15, 0.2) is 0 Å². The summed E-state index contributed by atoms with van der Waals surface area (Å²) in [5.74, 6) is -1.20. The fourth-order valence-electron chi connectivity index (χ4n) is 0.433. The maximum absolute atomic E-state index is 10.7. The van der Waals surface area contributed by atoms with E-state index in [1.165, 1.54) is 6.92 Å². The fraction of sp³-hybridized carbons (Fsp3) is 0.714. The molecular weight excluding hydrogens is 155 g/mol. The van der Waals surface area contributed by atoms with E-state index in [0.29, 0.717) is 6.61 Å². The van der Waals surface area contributed by atoms with Gasteiger partial charge in [0, 0.05) is 0 Å². The van der Waals surface area contributed by atoms with Crippen molar-refractivity contribution in [2.24, 2.45) is 5.92 Å². The molecule has 0 bridgehead atoms. The minimum Gasteiger partial charge on any atom is -0.465 e. The van der Waals surface area contributed by atoms with Crippen LogP contribution in [0.2, 0.25) is 0 Å². The number of hydrogen-bond acceptors (Lipinski definition) is 3. The molecule has 0 amide bonds. The third-order valence-corrected chi connectivity index (χ3v) is 1.25. The molecule has 0 N–H and O–H groups in total. The first-order valence-corrected chi connectivity index (χ1v) is 3.26. The Bertz CT molecular complexity index is 145. The summed E-state index contributed by atoms with van der Waals surface area (Å²) in [5.41, 5.74) is 0.